The molecule has 0 unspecified atom stereocenters. The van der Waals surface area contributed by atoms with Crippen molar-refractivity contribution in [3.63, 3.8) is 0 Å². The van der Waals surface area contributed by atoms with Crippen molar-refractivity contribution in [3.05, 3.63) is 48.5 Å². The van der Waals surface area contributed by atoms with Crippen LogP contribution in [-0.2, 0) is 19.6 Å². The highest BCUT2D eigenvalue weighted by Crippen LogP contribution is 2.31. The van der Waals surface area contributed by atoms with Crippen molar-refractivity contribution in [2.75, 3.05) is 12.4 Å². The van der Waals surface area contributed by atoms with Crippen LogP contribution in [0.15, 0.2) is 58.4 Å². The topological polar surface area (TPSA) is 149 Å². The summed E-state index contributed by atoms with van der Waals surface area (Å²) in [6.45, 7) is 1.85. The summed E-state index contributed by atoms with van der Waals surface area (Å²) in [5.74, 6) is -0.646. The molecule has 2 aromatic rings. The van der Waals surface area contributed by atoms with Gasteiger partial charge in [-0.1, -0.05) is 25.1 Å². The Morgan fingerprint density at radius 3 is 2.47 bits per heavy atom. The van der Waals surface area contributed by atoms with E-state index < -0.39 is 16.2 Å². The predicted molar refractivity (Wildman–Crippen MR) is 111 cm³/mol. The number of alkyl carbamates (subject to hydrolysis) is 1. The van der Waals surface area contributed by atoms with Gasteiger partial charge in [-0.25, -0.2) is 9.79 Å². The van der Waals surface area contributed by atoms with E-state index in [2.05, 4.69) is 20.4 Å². The maximum atomic E-state index is 12.4. The second kappa shape index (κ2) is 10.3. The Labute approximate surface area is 174 Å². The van der Waals surface area contributed by atoms with Gasteiger partial charge in [0, 0.05) is 12.5 Å². The molecule has 10 nitrogen and oxygen atoms in total. The fourth-order valence-electron chi connectivity index (χ4n) is 2.28. The van der Waals surface area contributed by atoms with Crippen LogP contribution in [0.4, 0.5) is 16.2 Å². The smallest absolute Gasteiger partial charge is 0.413 e. The molecule has 2 amide bonds. The zero-order valence-electron chi connectivity index (χ0n) is 16.4. The largest absolute Gasteiger partial charge is 0.453 e. The maximum absolute atomic E-state index is 12.4. The summed E-state index contributed by atoms with van der Waals surface area (Å²) in [5, 5.41) is 4.83. The molecule has 30 heavy (non-hydrogen) atoms. The van der Waals surface area contributed by atoms with Gasteiger partial charge >= 0.3 is 16.2 Å². The molecule has 0 radical (unpaired) electrons. The number of hydrogen-bond acceptors (Lipinski definition) is 7. The van der Waals surface area contributed by atoms with Gasteiger partial charge in [0.05, 0.1) is 18.5 Å². The third kappa shape index (κ3) is 6.48. The van der Waals surface area contributed by atoms with Gasteiger partial charge in [0.2, 0.25) is 11.9 Å². The Morgan fingerprint density at radius 2 is 1.83 bits per heavy atom. The van der Waals surface area contributed by atoms with Crippen LogP contribution >= 0.6 is 0 Å². The molecule has 0 aliphatic heterocycles. The lowest BCUT2D eigenvalue weighted by Crippen LogP contribution is -2.36. The Bertz CT molecular complexity index is 1040. The third-order valence-electron chi connectivity index (χ3n) is 3.61. The lowest BCUT2D eigenvalue weighted by molar-refractivity contribution is -0.116. The van der Waals surface area contributed by atoms with Crippen LogP contribution in [0.5, 0.6) is 5.75 Å². The molecule has 0 saturated carbocycles. The summed E-state index contributed by atoms with van der Waals surface area (Å²) in [4.78, 5) is 27.3. The number of amides is 2. The predicted octanol–water partition coefficient (Wildman–Crippen LogP) is 2.50. The summed E-state index contributed by atoms with van der Waals surface area (Å²) < 4.78 is 34.5. The third-order valence-corrected chi connectivity index (χ3v) is 4.88. The molecule has 160 valence electrons. The van der Waals surface area contributed by atoms with Crippen LogP contribution in [0, 0.1) is 0 Å². The van der Waals surface area contributed by atoms with Crippen LogP contribution in [-0.4, -0.2) is 33.5 Å². The van der Waals surface area contributed by atoms with E-state index in [9.17, 15) is 18.0 Å². The Morgan fingerprint density at radius 1 is 1.13 bits per heavy atom. The lowest BCUT2D eigenvalue weighted by Gasteiger charge is -2.12. The molecular weight excluding hydrogens is 412 g/mol. The van der Waals surface area contributed by atoms with Gasteiger partial charge in [-0.3, -0.25) is 10.1 Å². The minimum Gasteiger partial charge on any atom is -0.453 e. The van der Waals surface area contributed by atoms with Crippen molar-refractivity contribution >= 4 is 39.5 Å². The van der Waals surface area contributed by atoms with Crippen molar-refractivity contribution in [3.8, 4) is 5.75 Å². The van der Waals surface area contributed by atoms with Crippen molar-refractivity contribution in [2.45, 2.75) is 24.7 Å². The Kier molecular flexibility index (Phi) is 7.76. The van der Waals surface area contributed by atoms with Crippen molar-refractivity contribution in [2.24, 2.45) is 10.7 Å². The first kappa shape index (κ1) is 22.7. The van der Waals surface area contributed by atoms with E-state index in [1.807, 2.05) is 6.92 Å². The summed E-state index contributed by atoms with van der Waals surface area (Å²) in [6, 6.07) is 11.7. The normalized spacial score (nSPS) is 11.5. The van der Waals surface area contributed by atoms with Crippen LogP contribution in [0.25, 0.3) is 0 Å². The van der Waals surface area contributed by atoms with E-state index in [4.69, 9.17) is 9.92 Å². The highest BCUT2D eigenvalue weighted by Gasteiger charge is 2.17. The summed E-state index contributed by atoms with van der Waals surface area (Å²) in [6.07, 6.45) is 0.0685. The van der Waals surface area contributed by atoms with E-state index in [1.165, 1.54) is 30.3 Å². The standard InChI is InChI=1S/C19H22N4O6S/c1-3-7-17(24)21-15-11-10-13(12-16(15)22-18(20)23-19(25)28-2)29-30(26,27)14-8-5-4-6-9-14/h4-6,8-12H,3,7H2,1-2H3,(H,21,24)(H3,20,22,23,25). The number of rotatable bonds is 7. The van der Waals surface area contributed by atoms with E-state index in [0.717, 1.165) is 7.11 Å². The van der Waals surface area contributed by atoms with Crippen LogP contribution in [0.2, 0.25) is 0 Å². The minimum absolute atomic E-state index is 0.0257. The number of methoxy groups -OCH3 is 1. The molecule has 0 saturated heterocycles. The number of ether oxygens (including phenoxy) is 1. The zero-order valence-corrected chi connectivity index (χ0v) is 17.2. The number of nitrogens with zero attached hydrogens (tertiary/aromatic N) is 1. The lowest BCUT2D eigenvalue weighted by atomic mass is 10.2. The second-order valence-corrected chi connectivity index (χ2v) is 7.49. The average molecular weight is 434 g/mol. The number of nitrogens with one attached hydrogen (secondary N) is 2. The maximum Gasteiger partial charge on any atom is 0.413 e. The van der Waals surface area contributed by atoms with Gasteiger partial charge in [0.1, 0.15) is 10.6 Å². The van der Waals surface area contributed by atoms with Gasteiger partial charge < -0.3 is 20.0 Å². The SMILES string of the molecule is CCCC(=O)Nc1ccc(OS(=O)(=O)c2ccccc2)cc1N=C(N)NC(=O)OC. The van der Waals surface area contributed by atoms with E-state index in [0.29, 0.717) is 6.42 Å². The van der Waals surface area contributed by atoms with Crippen molar-refractivity contribution < 1.29 is 26.9 Å². The van der Waals surface area contributed by atoms with Gasteiger partial charge in [0.25, 0.3) is 0 Å². The van der Waals surface area contributed by atoms with E-state index >= 15 is 0 Å². The number of carbonyl (C=O) groups is 2. The van der Waals surface area contributed by atoms with Crippen molar-refractivity contribution in [1.29, 1.82) is 0 Å². The quantitative estimate of drug-likeness (QED) is 0.344. The second-order valence-electron chi connectivity index (χ2n) is 5.94. The number of hydrogen-bond donors (Lipinski definition) is 3. The number of benzene rings is 2. The first-order valence-corrected chi connectivity index (χ1v) is 10.3. The average Bonchev–Trinajstić information content (AvgIpc) is 2.70. The molecule has 4 N–H and O–H groups in total. The fourth-order valence-corrected chi connectivity index (χ4v) is 3.22. The molecular formula is C19H22N4O6S. The van der Waals surface area contributed by atoms with Crippen LogP contribution in [0.3, 0.4) is 0 Å². The van der Waals surface area contributed by atoms with Crippen molar-refractivity contribution in [1.82, 2.24) is 5.32 Å². The molecule has 0 aliphatic carbocycles. The van der Waals surface area contributed by atoms with Gasteiger partial charge in [-0.05, 0) is 30.7 Å². The van der Waals surface area contributed by atoms with E-state index in [1.54, 1.807) is 18.2 Å². The minimum atomic E-state index is -4.08. The fraction of sp³-hybridized carbons (Fsp3) is 0.211. The van der Waals surface area contributed by atoms with Crippen LogP contribution in [0.1, 0.15) is 19.8 Å². The molecule has 0 bridgehead atoms. The number of aliphatic imine (C=N–C) groups is 1. The summed E-state index contributed by atoms with van der Waals surface area (Å²) >= 11 is 0. The van der Waals surface area contributed by atoms with Gasteiger partial charge in [-0.15, -0.1) is 0 Å². The molecule has 11 heteroatoms. The number of guanidine groups is 1. The molecule has 2 rings (SSSR count). The highest BCUT2D eigenvalue weighted by atomic mass is 32.2. The van der Waals surface area contributed by atoms with Gasteiger partial charge in [0.15, 0.2) is 0 Å². The molecule has 0 aliphatic rings. The number of anilines is 1. The van der Waals surface area contributed by atoms with E-state index in [-0.39, 0.29) is 40.3 Å². The zero-order chi connectivity index (χ0) is 22.1. The summed E-state index contributed by atoms with van der Waals surface area (Å²) in [7, 11) is -2.93. The molecule has 0 aromatic heterocycles. The monoisotopic (exact) mass is 434 g/mol. The van der Waals surface area contributed by atoms with Gasteiger partial charge in [-0.2, -0.15) is 8.42 Å². The molecule has 2 aromatic carbocycles. The number of nitrogens with two attached hydrogens (primary N) is 1. The number of carbonyl (C=O) groups excluding carboxylic acids is 2. The molecule has 0 spiro atoms. The first-order chi connectivity index (χ1) is 14.2. The Balaban J connectivity index is 2.38. The summed E-state index contributed by atoms with van der Waals surface area (Å²) in [5.41, 5.74) is 6.01. The molecule has 0 atom stereocenters. The van der Waals surface area contributed by atoms with Crippen LogP contribution < -0.4 is 20.6 Å². The highest BCUT2D eigenvalue weighted by molar-refractivity contribution is 7.87. The first-order valence-electron chi connectivity index (χ1n) is 8.87. The molecule has 0 heterocycles. The Hall–Kier alpha value is -3.60. The molecule has 0 fully saturated rings.